The minimum absolute atomic E-state index is 0.0173. The summed E-state index contributed by atoms with van der Waals surface area (Å²) in [6.07, 6.45) is -14.0. The first kappa shape index (κ1) is 97.7. The van der Waals surface area contributed by atoms with Crippen molar-refractivity contribution in [3.05, 3.63) is 166 Å². The second-order valence-electron chi connectivity index (χ2n) is 31.3. The van der Waals surface area contributed by atoms with E-state index in [4.69, 9.17) is 44.0 Å². The fraction of sp³-hybridized carbons (Fsp3) is 0.472. The number of nitrogens with one attached hydrogen (secondary N) is 2. The molecule has 0 saturated carbocycles. The molecule has 3 saturated heterocycles. The zero-order chi connectivity index (χ0) is 93.3. The van der Waals surface area contributed by atoms with Gasteiger partial charge in [0.25, 0.3) is 0 Å². The van der Waals surface area contributed by atoms with Gasteiger partial charge in [-0.1, -0.05) is 76.2 Å². The number of carbonyl (C=O) groups excluding carboxylic acids is 11. The second-order valence-corrected chi connectivity index (χ2v) is 31.3. The monoisotopic (exact) mass is 1760 g/mol. The summed E-state index contributed by atoms with van der Waals surface area (Å²) in [7, 11) is 4.60. The lowest BCUT2D eigenvalue weighted by Gasteiger charge is -2.42. The summed E-state index contributed by atoms with van der Waals surface area (Å²) in [5, 5.41) is 175. The highest BCUT2D eigenvalue weighted by Crippen LogP contribution is 2.57. The number of aromatic hydroxyl groups is 6. The average molecular weight is 1760 g/mol. The van der Waals surface area contributed by atoms with Crippen molar-refractivity contribution < 1.29 is 168 Å². The van der Waals surface area contributed by atoms with E-state index in [0.29, 0.717) is 12.6 Å². The van der Waals surface area contributed by atoms with E-state index >= 15 is 0 Å². The van der Waals surface area contributed by atoms with E-state index in [-0.39, 0.29) is 110 Å². The number of ether oxygens (including phenoxy) is 7. The number of fused-ring (bicyclic) bond motifs is 9. The van der Waals surface area contributed by atoms with Gasteiger partial charge < -0.3 is 131 Å². The minimum atomic E-state index is -2.25. The molecule has 3 fully saturated rings. The van der Waals surface area contributed by atoms with Crippen LogP contribution >= 0.6 is 0 Å². The molecule has 0 radical (unpaired) electrons. The Morgan fingerprint density at radius 1 is 0.444 bits per heavy atom. The topological polar surface area (TPSA) is 626 Å². The molecule has 126 heavy (non-hydrogen) atoms. The molecule has 6 aromatic rings. The number of rotatable bonds is 17. The van der Waals surface area contributed by atoms with Crippen LogP contribution in [0.1, 0.15) is 262 Å². The number of ketones is 9. The van der Waals surface area contributed by atoms with E-state index in [2.05, 4.69) is 10.6 Å². The molecule has 3 heterocycles. The number of likely N-dealkylation sites (N-methyl/N-ethyl adjacent to an activating group) is 2. The van der Waals surface area contributed by atoms with E-state index in [0.717, 1.165) is 0 Å². The molecule has 37 nitrogen and oxygen atoms in total. The number of phenolic OH excluding ortho intramolecular Hbond substituents is 6. The molecule has 0 aromatic heterocycles. The smallest absolute Gasteiger partial charge is 0.202 e. The Hall–Kier alpha value is -10.5. The molecule has 0 bridgehead atoms. The van der Waals surface area contributed by atoms with Crippen LogP contribution in [-0.4, -0.2) is 284 Å². The Balaban J connectivity index is 0.000000190. The lowest BCUT2D eigenvalue weighted by molar-refractivity contribution is -0.249. The van der Waals surface area contributed by atoms with Gasteiger partial charge in [-0.2, -0.15) is 0 Å². The summed E-state index contributed by atoms with van der Waals surface area (Å²) >= 11 is 0. The molecule has 6 aromatic carbocycles. The Morgan fingerprint density at radius 2 is 0.722 bits per heavy atom. The fourth-order valence-corrected chi connectivity index (χ4v) is 17.7. The van der Waals surface area contributed by atoms with E-state index in [1.54, 1.807) is 41.8 Å². The maximum Gasteiger partial charge on any atom is 0.202 e. The SMILES string of the molecule is CC.CC.CCO.CNC1CC(O[C@H]2C[C@](O)(C(=O)CO)Cc3c(O)c4c(c(O)c32)C(=O)c2c(C=O)cccc2C4=O)OC(C)C1O.CNC1CC(O[C@H]2C[C@](O)(C(=O)CO)Cc3c(O)c4c(c(O)c32)C(=O)c2c(C=O)cccc2C4=O)OC(C)C1O.COc1cccc2c1C(=O)c1c(O)c3c(c(O)c1C2=O)C[C@@](O)(C(=O)CO)C[C@@H]3OC1CC(N)C(O)C(C)O1. The number of aliphatic hydroxyl groups is 10. The number of hydrogen-bond acceptors (Lipinski definition) is 37. The first-order valence-electron chi connectivity index (χ1n) is 41.0. The number of carbonyl (C=O) groups is 11. The van der Waals surface area contributed by atoms with Crippen molar-refractivity contribution in [1.29, 1.82) is 0 Å². The number of aliphatic hydroxyl groups excluding tert-OH is 7. The third-order valence-corrected chi connectivity index (χ3v) is 24.0. The molecule has 15 rings (SSSR count). The molecule has 6 aliphatic carbocycles. The highest BCUT2D eigenvalue weighted by atomic mass is 16.7. The van der Waals surface area contributed by atoms with Crippen molar-refractivity contribution in [2.75, 3.05) is 47.6 Å². The van der Waals surface area contributed by atoms with Gasteiger partial charge in [0, 0.05) is 155 Å². The average Bonchev–Trinajstić information content (AvgIpc) is 0.717. The van der Waals surface area contributed by atoms with Gasteiger partial charge in [-0.3, -0.25) is 52.7 Å². The number of Topliss-reactive ketones (excluding diaryl/α,β-unsaturated/α-hetero) is 3. The first-order valence-corrected chi connectivity index (χ1v) is 41.0. The molecule has 0 spiro atoms. The van der Waals surface area contributed by atoms with Crippen LogP contribution in [0, 0.1) is 0 Å². The predicted molar refractivity (Wildman–Crippen MR) is 438 cm³/mol. The van der Waals surface area contributed by atoms with E-state index in [1.807, 2.05) is 27.7 Å². The van der Waals surface area contributed by atoms with Crippen LogP contribution in [0.15, 0.2) is 54.6 Å². The van der Waals surface area contributed by atoms with Gasteiger partial charge in [0.1, 0.15) is 76.9 Å². The molecule has 37 heteroatoms. The Kier molecular flexibility index (Phi) is 30.6. The number of methoxy groups -OCH3 is 1. The van der Waals surface area contributed by atoms with E-state index < -0.39 is 287 Å². The van der Waals surface area contributed by atoms with Crippen LogP contribution in [0.2, 0.25) is 0 Å². The van der Waals surface area contributed by atoms with Crippen molar-refractivity contribution in [2.45, 2.75) is 222 Å². The summed E-state index contributed by atoms with van der Waals surface area (Å²) in [6.45, 7) is 11.7. The normalized spacial score (nSPS) is 28.1. The molecule has 12 unspecified atom stereocenters. The minimum Gasteiger partial charge on any atom is -0.507 e. The summed E-state index contributed by atoms with van der Waals surface area (Å²) < 4.78 is 40.8. The van der Waals surface area contributed by atoms with Gasteiger partial charge in [0.15, 0.2) is 77.7 Å². The van der Waals surface area contributed by atoms with Gasteiger partial charge in [-0.25, -0.2) is 0 Å². The summed E-state index contributed by atoms with van der Waals surface area (Å²) in [5.41, 5.74) is -5.83. The Labute approximate surface area is 721 Å². The van der Waals surface area contributed by atoms with Crippen molar-refractivity contribution in [3.8, 4) is 40.2 Å². The standard InChI is InChI=1S/2C28H29NO11.C27H29NO11.C2H6O.2C2H6/c2*1-11-23(33)15(29-2)6-18(39-11)40-16-8-28(38,17(32)10-31)7-14-20(16)27(37)22-21(25(14)35)24(34)13-5-3-4-12(9-30)19(13)26(22)36;1-10-22(31)13(28)6-17(38-10)39-15-8-27(36,16(30)9-29)7-12-19(15)26(35)21-20(24(12)33)23(32)11-4-3-5-14(37-2)18(11)25(21)34;1-2-3;2*1-2/h2*3-5,9,11,15-16,18,23,29,31,33,35,37-38H,6-8,10H2,1-2H3;3-5,10,13,15,17,22,29,31,33,35-36H,6-9,28H2,1-2H3;3H,2H2,1H3;2*1-2H3/t2*11?,15?,16-,18?,23?,28-;10?,13?,15-,17?,22?,27-;;;/m000.../s1. The summed E-state index contributed by atoms with van der Waals surface area (Å²) in [4.78, 5) is 142. The highest BCUT2D eigenvalue weighted by Gasteiger charge is 2.55. The lowest BCUT2D eigenvalue weighted by Crippen LogP contribution is -2.53. The molecule has 680 valence electrons. The molecule has 0 amide bonds. The van der Waals surface area contributed by atoms with E-state index in [9.17, 15) is 129 Å². The van der Waals surface area contributed by atoms with Gasteiger partial charge in [-0.05, 0) is 47.9 Å². The maximum atomic E-state index is 13.6. The molecule has 3 aliphatic heterocycles. The largest absolute Gasteiger partial charge is 0.507 e. The number of aldehydes is 2. The number of phenols is 6. The van der Waals surface area contributed by atoms with Crippen LogP contribution in [-0.2, 0) is 62.1 Å². The third kappa shape index (κ3) is 17.4. The van der Waals surface area contributed by atoms with Crippen LogP contribution in [0.5, 0.6) is 40.2 Å². The number of hydrogen-bond donors (Lipinski definition) is 19. The predicted octanol–water partition coefficient (Wildman–Crippen LogP) is 2.18. The van der Waals surface area contributed by atoms with Gasteiger partial charge in [0.2, 0.25) is 5.78 Å². The Morgan fingerprint density at radius 3 is 1.01 bits per heavy atom. The van der Waals surface area contributed by atoms with Crippen molar-refractivity contribution in [1.82, 2.24) is 10.6 Å². The number of benzene rings is 6. The molecular formula is C89H105N3O34. The van der Waals surface area contributed by atoms with E-state index in [1.165, 1.54) is 61.7 Å². The van der Waals surface area contributed by atoms with Gasteiger partial charge >= 0.3 is 0 Å². The zero-order valence-electron chi connectivity index (χ0n) is 70.8. The van der Waals surface area contributed by atoms with Crippen molar-refractivity contribution >= 4 is 64.6 Å². The van der Waals surface area contributed by atoms with Crippen LogP contribution in [0.25, 0.3) is 0 Å². The van der Waals surface area contributed by atoms with Crippen LogP contribution < -0.4 is 21.1 Å². The fourth-order valence-electron chi connectivity index (χ4n) is 17.7. The van der Waals surface area contributed by atoms with Gasteiger partial charge in [0.05, 0.1) is 101 Å². The van der Waals surface area contributed by atoms with Crippen LogP contribution in [0.4, 0.5) is 0 Å². The highest BCUT2D eigenvalue weighted by molar-refractivity contribution is 6.34. The first-order chi connectivity index (χ1) is 59.8. The summed E-state index contributed by atoms with van der Waals surface area (Å²) in [5.74, 6) is -12.0. The lowest BCUT2D eigenvalue weighted by atomic mass is 9.71. The van der Waals surface area contributed by atoms with Gasteiger partial charge in [-0.15, -0.1) is 0 Å². The summed E-state index contributed by atoms with van der Waals surface area (Å²) in [6, 6.07) is 10.9. The van der Waals surface area contributed by atoms with Crippen molar-refractivity contribution in [2.24, 2.45) is 5.73 Å². The Bertz CT molecular complexity index is 5070. The second kappa shape index (κ2) is 39.4. The third-order valence-electron chi connectivity index (χ3n) is 24.0. The quantitative estimate of drug-likeness (QED) is 0.0459. The maximum absolute atomic E-state index is 13.6. The number of nitrogens with two attached hydrogens (primary N) is 1. The molecule has 18 atom stereocenters. The molecule has 9 aliphatic rings. The molecule has 20 N–H and O–H groups in total. The molecular weight excluding hydrogens is 1650 g/mol. The van der Waals surface area contributed by atoms with Crippen LogP contribution in [0.3, 0.4) is 0 Å². The zero-order valence-corrected chi connectivity index (χ0v) is 70.8. The van der Waals surface area contributed by atoms with Crippen molar-refractivity contribution in [3.63, 3.8) is 0 Å².